The third kappa shape index (κ3) is 6.14. The maximum absolute atomic E-state index is 12.4. The first-order valence-electron chi connectivity index (χ1n) is 10.5. The van der Waals surface area contributed by atoms with E-state index in [1.54, 1.807) is 0 Å². The molecule has 1 amide bonds. The first kappa shape index (κ1) is 22.5. The number of ether oxygens (including phenoxy) is 1. The number of rotatable bonds is 9. The Balaban J connectivity index is 1.56. The fraction of sp³-hybridized carbons (Fsp3) is 0.417. The molecule has 160 valence electrons. The standard InChI is InChI=1S/C24H29ClN2O3/c1-2-18-7-9-19(10-8-18)23(28)11-12-24(29)26-17-22(27-13-15-30-16-14-27)20-5-3-4-6-21(20)25/h3-10,22H,2,11-17H2,1H3,(H,26,29). The molecule has 0 saturated carbocycles. The van der Waals surface area contributed by atoms with Gasteiger partial charge in [-0.25, -0.2) is 0 Å². The molecule has 1 unspecified atom stereocenters. The molecule has 0 radical (unpaired) electrons. The topological polar surface area (TPSA) is 58.6 Å². The zero-order valence-corrected chi connectivity index (χ0v) is 18.2. The minimum absolute atomic E-state index is 0.0105. The largest absolute Gasteiger partial charge is 0.379 e. The maximum atomic E-state index is 12.4. The molecule has 1 heterocycles. The number of aryl methyl sites for hydroxylation is 1. The van der Waals surface area contributed by atoms with E-state index in [0.29, 0.717) is 30.3 Å². The molecule has 5 nitrogen and oxygen atoms in total. The van der Waals surface area contributed by atoms with Crippen molar-refractivity contribution in [2.24, 2.45) is 0 Å². The minimum atomic E-state index is -0.126. The third-order valence-electron chi connectivity index (χ3n) is 5.51. The lowest BCUT2D eigenvalue weighted by Crippen LogP contribution is -2.44. The molecule has 0 spiro atoms. The highest BCUT2D eigenvalue weighted by molar-refractivity contribution is 6.31. The highest BCUT2D eigenvalue weighted by atomic mass is 35.5. The summed E-state index contributed by atoms with van der Waals surface area (Å²) in [5.74, 6) is -0.137. The van der Waals surface area contributed by atoms with Crippen molar-refractivity contribution >= 4 is 23.3 Å². The fourth-order valence-corrected chi connectivity index (χ4v) is 3.93. The molecule has 1 aliphatic heterocycles. The van der Waals surface area contributed by atoms with Crippen molar-refractivity contribution in [1.29, 1.82) is 0 Å². The number of morpholine rings is 1. The Morgan fingerprint density at radius 2 is 1.77 bits per heavy atom. The van der Waals surface area contributed by atoms with Gasteiger partial charge in [-0.05, 0) is 23.6 Å². The Hall–Kier alpha value is -2.21. The highest BCUT2D eigenvalue weighted by Gasteiger charge is 2.25. The molecular weight excluding hydrogens is 400 g/mol. The summed E-state index contributed by atoms with van der Waals surface area (Å²) < 4.78 is 5.46. The van der Waals surface area contributed by atoms with E-state index in [4.69, 9.17) is 16.3 Å². The summed E-state index contributed by atoms with van der Waals surface area (Å²) in [6.45, 7) is 5.44. The molecule has 1 N–H and O–H groups in total. The second-order valence-corrected chi connectivity index (χ2v) is 7.87. The lowest BCUT2D eigenvalue weighted by molar-refractivity contribution is -0.121. The van der Waals surface area contributed by atoms with Crippen LogP contribution in [0.3, 0.4) is 0 Å². The first-order chi connectivity index (χ1) is 14.6. The summed E-state index contributed by atoms with van der Waals surface area (Å²) in [7, 11) is 0. The van der Waals surface area contributed by atoms with E-state index in [1.165, 1.54) is 5.56 Å². The van der Waals surface area contributed by atoms with Gasteiger partial charge in [0.2, 0.25) is 5.91 Å². The lowest BCUT2D eigenvalue weighted by Gasteiger charge is -2.35. The van der Waals surface area contributed by atoms with Crippen molar-refractivity contribution in [2.75, 3.05) is 32.8 Å². The number of hydrogen-bond acceptors (Lipinski definition) is 4. The van der Waals surface area contributed by atoms with Gasteiger partial charge in [0, 0.05) is 43.1 Å². The minimum Gasteiger partial charge on any atom is -0.379 e. The summed E-state index contributed by atoms with van der Waals surface area (Å²) in [6, 6.07) is 15.3. The van der Waals surface area contributed by atoms with Crippen LogP contribution in [-0.4, -0.2) is 49.4 Å². The summed E-state index contributed by atoms with van der Waals surface area (Å²) in [5.41, 5.74) is 2.84. The summed E-state index contributed by atoms with van der Waals surface area (Å²) >= 11 is 6.43. The van der Waals surface area contributed by atoms with Crippen LogP contribution in [0.1, 0.15) is 47.3 Å². The molecule has 1 saturated heterocycles. The highest BCUT2D eigenvalue weighted by Crippen LogP contribution is 2.27. The molecule has 0 aromatic heterocycles. The fourth-order valence-electron chi connectivity index (χ4n) is 3.67. The number of Topliss-reactive ketones (excluding diaryl/α,β-unsaturated/α-hetero) is 1. The number of benzene rings is 2. The average molecular weight is 429 g/mol. The third-order valence-corrected chi connectivity index (χ3v) is 5.85. The Morgan fingerprint density at radius 3 is 2.43 bits per heavy atom. The Labute approximate surface area is 183 Å². The van der Waals surface area contributed by atoms with Gasteiger partial charge in [0.1, 0.15) is 0 Å². The van der Waals surface area contributed by atoms with E-state index in [1.807, 2.05) is 48.5 Å². The SMILES string of the molecule is CCc1ccc(C(=O)CCC(=O)NCC(c2ccccc2Cl)N2CCOCC2)cc1. The Morgan fingerprint density at radius 1 is 1.07 bits per heavy atom. The van der Waals surface area contributed by atoms with Crippen LogP contribution >= 0.6 is 11.6 Å². The molecule has 3 rings (SSSR count). The average Bonchev–Trinajstić information content (AvgIpc) is 2.79. The zero-order chi connectivity index (χ0) is 21.3. The van der Waals surface area contributed by atoms with Crippen molar-refractivity contribution in [3.05, 3.63) is 70.2 Å². The first-order valence-corrected chi connectivity index (χ1v) is 10.9. The molecule has 0 bridgehead atoms. The summed E-state index contributed by atoms with van der Waals surface area (Å²) in [5, 5.41) is 3.69. The monoisotopic (exact) mass is 428 g/mol. The molecule has 0 aliphatic carbocycles. The number of nitrogens with one attached hydrogen (secondary N) is 1. The van der Waals surface area contributed by atoms with Crippen molar-refractivity contribution in [2.45, 2.75) is 32.2 Å². The van der Waals surface area contributed by atoms with Gasteiger partial charge in [-0.1, -0.05) is 61.0 Å². The molecule has 2 aromatic rings. The number of hydrogen-bond donors (Lipinski definition) is 1. The number of carbonyl (C=O) groups is 2. The van der Waals surface area contributed by atoms with Crippen LogP contribution in [0.5, 0.6) is 0 Å². The molecule has 1 aliphatic rings. The number of ketones is 1. The van der Waals surface area contributed by atoms with Gasteiger partial charge >= 0.3 is 0 Å². The van der Waals surface area contributed by atoms with Gasteiger partial charge in [0.15, 0.2) is 5.78 Å². The second-order valence-electron chi connectivity index (χ2n) is 7.46. The van der Waals surface area contributed by atoms with E-state index in [2.05, 4.69) is 17.1 Å². The van der Waals surface area contributed by atoms with Crippen LogP contribution < -0.4 is 5.32 Å². The molecule has 2 aromatic carbocycles. The summed E-state index contributed by atoms with van der Waals surface area (Å²) in [6.07, 6.45) is 1.31. The van der Waals surface area contributed by atoms with Crippen molar-refractivity contribution in [3.8, 4) is 0 Å². The van der Waals surface area contributed by atoms with E-state index >= 15 is 0 Å². The zero-order valence-electron chi connectivity index (χ0n) is 17.4. The van der Waals surface area contributed by atoms with E-state index < -0.39 is 0 Å². The van der Waals surface area contributed by atoms with E-state index in [9.17, 15) is 9.59 Å². The number of amides is 1. The van der Waals surface area contributed by atoms with Gasteiger partial charge in [-0.3, -0.25) is 14.5 Å². The van der Waals surface area contributed by atoms with Crippen LogP contribution in [0.2, 0.25) is 5.02 Å². The van der Waals surface area contributed by atoms with Gasteiger partial charge in [0.05, 0.1) is 19.3 Å². The van der Waals surface area contributed by atoms with E-state index in [0.717, 1.165) is 25.1 Å². The predicted octanol–water partition coefficient (Wildman–Crippen LogP) is 4.06. The Kier molecular flexibility index (Phi) is 8.43. The van der Waals surface area contributed by atoms with E-state index in [-0.39, 0.29) is 30.6 Å². The van der Waals surface area contributed by atoms with Gasteiger partial charge in [-0.2, -0.15) is 0 Å². The molecule has 6 heteroatoms. The van der Waals surface area contributed by atoms with Crippen LogP contribution in [0, 0.1) is 0 Å². The molecule has 1 fully saturated rings. The number of nitrogens with zero attached hydrogens (tertiary/aromatic N) is 1. The second kappa shape index (κ2) is 11.3. The van der Waals surface area contributed by atoms with Crippen molar-refractivity contribution in [3.63, 3.8) is 0 Å². The number of carbonyl (C=O) groups excluding carboxylic acids is 2. The summed E-state index contributed by atoms with van der Waals surface area (Å²) in [4.78, 5) is 27.1. The van der Waals surface area contributed by atoms with Crippen LogP contribution in [0.15, 0.2) is 48.5 Å². The maximum Gasteiger partial charge on any atom is 0.220 e. The van der Waals surface area contributed by atoms with Crippen LogP contribution in [0.25, 0.3) is 0 Å². The molecular formula is C24H29ClN2O3. The van der Waals surface area contributed by atoms with Crippen LogP contribution in [0.4, 0.5) is 0 Å². The normalized spacial score (nSPS) is 15.5. The molecule has 30 heavy (non-hydrogen) atoms. The van der Waals surface area contributed by atoms with Gasteiger partial charge in [-0.15, -0.1) is 0 Å². The van der Waals surface area contributed by atoms with Gasteiger partial charge in [0.25, 0.3) is 0 Å². The van der Waals surface area contributed by atoms with Crippen molar-refractivity contribution < 1.29 is 14.3 Å². The molecule has 1 atom stereocenters. The predicted molar refractivity (Wildman–Crippen MR) is 119 cm³/mol. The van der Waals surface area contributed by atoms with Crippen molar-refractivity contribution in [1.82, 2.24) is 10.2 Å². The quantitative estimate of drug-likeness (QED) is 0.612. The number of halogens is 1. The lowest BCUT2D eigenvalue weighted by atomic mass is 10.0. The van der Waals surface area contributed by atoms with Gasteiger partial charge < -0.3 is 10.1 Å². The van der Waals surface area contributed by atoms with Crippen LogP contribution in [-0.2, 0) is 16.0 Å². The smallest absolute Gasteiger partial charge is 0.220 e. The Bertz CT molecular complexity index is 848.